The van der Waals surface area contributed by atoms with E-state index in [1.165, 1.54) is 56.2 Å². The van der Waals surface area contributed by atoms with Crippen molar-refractivity contribution in [2.24, 2.45) is 0 Å². The van der Waals surface area contributed by atoms with Crippen LogP contribution >= 0.6 is 34.2 Å². The molecule has 7 rings (SSSR count). The van der Waals surface area contributed by atoms with Crippen LogP contribution in [0.4, 0.5) is 0 Å². The van der Waals surface area contributed by atoms with Crippen LogP contribution in [0.1, 0.15) is 12.8 Å². The van der Waals surface area contributed by atoms with Gasteiger partial charge in [-0.1, -0.05) is 133 Å². The Morgan fingerprint density at radius 1 is 0.393 bits per heavy atom. The van der Waals surface area contributed by atoms with E-state index in [0.29, 0.717) is 0 Å². The summed E-state index contributed by atoms with van der Waals surface area (Å²) in [4.78, 5) is 0. The smallest absolute Gasteiger partial charge is 0.0408 e. The average molecular weight is 1310 g/mol. The van der Waals surface area contributed by atoms with Gasteiger partial charge in [-0.3, -0.25) is 0 Å². The number of rotatable bonds is 6. The van der Waals surface area contributed by atoms with Crippen LogP contribution in [0.25, 0.3) is 0 Å². The molecule has 6 aromatic carbocycles. The van der Waals surface area contributed by atoms with E-state index < -0.39 is 35.0 Å². The summed E-state index contributed by atoms with van der Waals surface area (Å²) >= 11 is 2.07. The number of hydrogen-bond acceptors (Lipinski definition) is 9. The molecule has 6 aromatic rings. The van der Waals surface area contributed by atoms with Gasteiger partial charge >= 0.3 is 0 Å². The number of benzene rings is 6. The Kier molecular flexibility index (Phi) is 30.9. The molecule has 1 fully saturated rings. The fourth-order valence-corrected chi connectivity index (χ4v) is 11.2. The van der Waals surface area contributed by atoms with Gasteiger partial charge < -0.3 is 0 Å². The summed E-state index contributed by atoms with van der Waals surface area (Å²) < 4.78 is 67.9. The molecule has 1 heterocycles. The second-order valence-electron chi connectivity index (χ2n) is 12.6. The molecule has 1 saturated heterocycles. The zero-order valence-electron chi connectivity index (χ0n) is 33.4. The maximum absolute atomic E-state index is 8.49. The maximum Gasteiger partial charge on any atom is 0.0408 e. The molecule has 16 heteroatoms. The maximum atomic E-state index is 8.49. The molecule has 2 radical (unpaired) electrons. The normalized spacial score (nSPS) is 11.9. The molecule has 0 saturated carbocycles. The van der Waals surface area contributed by atoms with Gasteiger partial charge in [0.15, 0.2) is 0 Å². The third kappa shape index (κ3) is 26.9. The van der Waals surface area contributed by atoms with Crippen molar-refractivity contribution in [2.75, 3.05) is 18.2 Å². The van der Waals surface area contributed by atoms with Gasteiger partial charge in [-0.2, -0.15) is 52.9 Å². The molecule has 8 nitrogen and oxygen atoms in total. The van der Waals surface area contributed by atoms with Gasteiger partial charge in [0.2, 0.25) is 0 Å². The van der Waals surface area contributed by atoms with Gasteiger partial charge in [0.25, 0.3) is 0 Å². The van der Waals surface area contributed by atoms with Gasteiger partial charge in [0.1, 0.15) is 0 Å². The SMILES string of the molecule is C1CCSC1.CP(c1ccccc1)c1ccccc1.[Au].[Au].[CH2-][P+]([CH2-])(c1ccccc1)c1ccccc1.[CH2-][P+]([CH2-])(c1ccccc1)c1ccccc1.[O-][Cl+3]([O-])([O-])[O-].[O-][Cl+3]([O-])([O-])[O-]. The summed E-state index contributed by atoms with van der Waals surface area (Å²) in [6, 6.07) is 62.7. The Balaban J connectivity index is 0.000000748. The van der Waals surface area contributed by atoms with Crippen molar-refractivity contribution in [3.8, 4) is 0 Å². The predicted octanol–water partition coefficient (Wildman–Crippen LogP) is 1.22. The van der Waals surface area contributed by atoms with E-state index in [9.17, 15) is 0 Å². The van der Waals surface area contributed by atoms with Crippen LogP contribution in [0.2, 0.25) is 0 Å². The summed E-state index contributed by atoms with van der Waals surface area (Å²) in [7, 11) is -13.4. The number of halogens is 2. The van der Waals surface area contributed by atoms with Crippen LogP contribution in [-0.2, 0) is 44.8 Å². The monoisotopic (exact) mass is 1310 g/mol. The quantitative estimate of drug-likeness (QED) is 0.135. The summed E-state index contributed by atoms with van der Waals surface area (Å²) in [5, 5.41) is 7.86. The Morgan fingerprint density at radius 3 is 0.738 bits per heavy atom. The Morgan fingerprint density at radius 2 is 0.574 bits per heavy atom. The molecule has 1 aliphatic heterocycles. The summed E-state index contributed by atoms with van der Waals surface area (Å²) in [5.41, 5.74) is 0. The number of hydrogen-bond donors (Lipinski definition) is 0. The van der Waals surface area contributed by atoms with Crippen LogP contribution in [0.3, 0.4) is 0 Å². The molecule has 1 aliphatic rings. The third-order valence-electron chi connectivity index (χ3n) is 8.12. The van der Waals surface area contributed by atoms with Gasteiger partial charge in [-0.05, 0) is 98.1 Å². The summed E-state index contributed by atoms with van der Waals surface area (Å²) in [5.74, 6) is 2.83. The molecule has 338 valence electrons. The second-order valence-corrected chi connectivity index (χ2v) is 23.4. The zero-order chi connectivity index (χ0) is 43.8. The Hall–Kier alpha value is -1.30. The average Bonchev–Trinajstić information content (AvgIpc) is 3.83. The standard InChI is InChI=1S/2C14H14P.C13H13P.C4H8S.2Au.2ClHO4/c2*1-15(2,13-9-5-3-6-10-13)14-11-7-4-8-12-14;1-14(12-8-4-2-5-9-12)13-10-6-3-7-11-13;1-2-4-5-3-1;;;2*2-1(3,4)5/h2*3-12H,1-2H2;2-11H,1H3;1-4H2;;;2*(H,2,3,4,5)/q2*-1;;;;;;/p-2. The van der Waals surface area contributed by atoms with Crippen LogP contribution in [0.15, 0.2) is 182 Å². The molecule has 0 spiro atoms. The van der Waals surface area contributed by atoms with E-state index in [2.05, 4.69) is 154 Å². The van der Waals surface area contributed by atoms with Gasteiger partial charge in [0, 0.05) is 66.0 Å². The molecule has 0 amide bonds. The van der Waals surface area contributed by atoms with Crippen molar-refractivity contribution in [3.63, 3.8) is 0 Å². The topological polar surface area (TPSA) is 184 Å². The molecule has 0 unspecified atom stereocenters. The van der Waals surface area contributed by atoms with Crippen molar-refractivity contribution >= 4 is 66.0 Å². The minimum absolute atomic E-state index is 0. The first kappa shape index (κ1) is 59.7. The fraction of sp³-hybridized carbons (Fsp3) is 0.111. The van der Waals surface area contributed by atoms with Gasteiger partial charge in [0.05, 0.1) is 0 Å². The second kappa shape index (κ2) is 31.6. The van der Waals surface area contributed by atoms with E-state index in [4.69, 9.17) is 37.3 Å². The zero-order valence-corrected chi connectivity index (χ0v) is 42.7. The van der Waals surface area contributed by atoms with Crippen LogP contribution < -0.4 is 69.1 Å². The van der Waals surface area contributed by atoms with E-state index in [-0.39, 0.29) is 52.7 Å². The molecular formula is C45H49Au2Cl2O8P3S-4. The largest absolute Gasteiger partial charge is 0.222 e. The van der Waals surface area contributed by atoms with Crippen molar-refractivity contribution in [1.82, 2.24) is 0 Å². The molecule has 0 aliphatic carbocycles. The first-order valence-electron chi connectivity index (χ1n) is 17.8. The Bertz CT molecular complexity index is 1710. The van der Waals surface area contributed by atoms with Crippen LogP contribution in [0.5, 0.6) is 0 Å². The number of thioether (sulfide) groups is 1. The van der Waals surface area contributed by atoms with E-state index in [1.807, 2.05) is 72.8 Å². The van der Waals surface area contributed by atoms with Crippen molar-refractivity contribution in [1.29, 1.82) is 0 Å². The molecule has 0 N–H and O–H groups in total. The van der Waals surface area contributed by atoms with E-state index in [1.54, 1.807) is 0 Å². The third-order valence-corrected chi connectivity index (χ3v) is 16.6. The predicted molar refractivity (Wildman–Crippen MR) is 231 cm³/mol. The van der Waals surface area contributed by atoms with Gasteiger partial charge in [-0.15, -0.1) is 20.5 Å². The first-order valence-corrected chi connectivity index (χ1v) is 27.6. The molecule has 61 heavy (non-hydrogen) atoms. The first-order chi connectivity index (χ1) is 27.8. The minimum atomic E-state index is -4.94. The van der Waals surface area contributed by atoms with E-state index >= 15 is 0 Å². The van der Waals surface area contributed by atoms with Crippen molar-refractivity contribution < 1.29 is 103 Å². The molecule has 0 aromatic heterocycles. The summed E-state index contributed by atoms with van der Waals surface area (Å²) in [6.07, 6.45) is 2.93. The van der Waals surface area contributed by atoms with Crippen molar-refractivity contribution in [2.45, 2.75) is 12.8 Å². The van der Waals surface area contributed by atoms with E-state index in [0.717, 1.165) is 0 Å². The van der Waals surface area contributed by atoms with Crippen LogP contribution in [-0.4, -0.2) is 18.2 Å². The minimum Gasteiger partial charge on any atom is -0.222 e. The molecule has 0 bridgehead atoms. The van der Waals surface area contributed by atoms with Crippen molar-refractivity contribution in [3.05, 3.63) is 209 Å². The summed E-state index contributed by atoms with van der Waals surface area (Å²) in [6.45, 7) is 19.5. The van der Waals surface area contributed by atoms with Crippen LogP contribution in [0, 0.1) is 47.1 Å². The fourth-order valence-electron chi connectivity index (χ4n) is 5.11. The van der Waals surface area contributed by atoms with Gasteiger partial charge in [-0.25, -0.2) is 37.3 Å². The molecular weight excluding hydrogens is 1260 g/mol. The molecule has 0 atom stereocenters. The Labute approximate surface area is 404 Å².